The summed E-state index contributed by atoms with van der Waals surface area (Å²) in [4.78, 5) is 33.4. The maximum Gasteiger partial charge on any atom is 0.257 e. The van der Waals surface area contributed by atoms with Crippen LogP contribution in [0.4, 0.5) is 10.3 Å². The molecule has 0 radical (unpaired) electrons. The molecule has 2 aromatic rings. The van der Waals surface area contributed by atoms with Crippen LogP contribution >= 0.6 is 0 Å². The van der Waals surface area contributed by atoms with Gasteiger partial charge in [0.2, 0.25) is 5.95 Å². The van der Waals surface area contributed by atoms with Gasteiger partial charge < -0.3 is 10.2 Å². The Bertz CT molecular complexity index is 788. The summed E-state index contributed by atoms with van der Waals surface area (Å²) in [7, 11) is 0. The van der Waals surface area contributed by atoms with Crippen molar-refractivity contribution in [2.45, 2.75) is 31.6 Å². The van der Waals surface area contributed by atoms with Gasteiger partial charge in [-0.25, -0.2) is 14.4 Å². The van der Waals surface area contributed by atoms with E-state index in [2.05, 4.69) is 30.2 Å². The van der Waals surface area contributed by atoms with Crippen molar-refractivity contribution in [1.29, 1.82) is 0 Å². The lowest BCUT2D eigenvalue weighted by atomic mass is 10.1. The minimum absolute atomic E-state index is 0.106. The third-order valence-corrected chi connectivity index (χ3v) is 5.12. The topological polar surface area (TPSA) is 87.1 Å². The summed E-state index contributed by atoms with van der Waals surface area (Å²) in [5, 5.41) is 3.14. The number of fused-ring (bicyclic) bond motifs is 1. The highest BCUT2D eigenvalue weighted by Crippen LogP contribution is 2.24. The van der Waals surface area contributed by atoms with Crippen molar-refractivity contribution >= 4 is 11.9 Å². The van der Waals surface area contributed by atoms with Crippen LogP contribution in [0, 0.1) is 0 Å². The number of piperazine rings is 1. The van der Waals surface area contributed by atoms with E-state index in [-0.39, 0.29) is 18.0 Å². The number of alkyl halides is 1. The molecule has 2 aliphatic heterocycles. The first-order valence-corrected chi connectivity index (χ1v) is 9.12. The molecular formula is C18H22FN7O. The molecule has 9 heteroatoms. The van der Waals surface area contributed by atoms with Gasteiger partial charge in [-0.05, 0) is 13.3 Å². The van der Waals surface area contributed by atoms with Gasteiger partial charge in [-0.15, -0.1) is 0 Å². The lowest BCUT2D eigenvalue weighted by Gasteiger charge is -2.37. The maximum atomic E-state index is 13.6. The molecule has 1 amide bonds. The molecule has 3 atom stereocenters. The molecular weight excluding hydrogens is 349 g/mol. The number of nitrogens with zero attached hydrogens (tertiary/aromatic N) is 6. The molecule has 142 valence electrons. The lowest BCUT2D eigenvalue weighted by Crippen LogP contribution is -2.52. The van der Waals surface area contributed by atoms with Crippen molar-refractivity contribution in [3.05, 3.63) is 42.2 Å². The van der Waals surface area contributed by atoms with Gasteiger partial charge in [-0.3, -0.25) is 19.7 Å². The van der Waals surface area contributed by atoms with Crippen LogP contribution in [0.25, 0.3) is 0 Å². The molecule has 1 N–H and O–H groups in total. The van der Waals surface area contributed by atoms with E-state index in [4.69, 9.17) is 0 Å². The zero-order valence-electron chi connectivity index (χ0n) is 15.1. The molecule has 0 spiro atoms. The highest BCUT2D eigenvalue weighted by molar-refractivity contribution is 5.93. The number of halogens is 1. The van der Waals surface area contributed by atoms with E-state index in [1.807, 2.05) is 6.92 Å². The fraction of sp³-hybridized carbons (Fsp3) is 0.500. The average molecular weight is 371 g/mol. The molecule has 0 unspecified atom stereocenters. The van der Waals surface area contributed by atoms with E-state index in [0.717, 1.165) is 5.69 Å². The predicted octanol–water partition coefficient (Wildman–Crippen LogP) is 1.31. The Morgan fingerprint density at radius 1 is 1.19 bits per heavy atom. The monoisotopic (exact) mass is 371 g/mol. The number of anilines is 1. The number of hydrogen-bond acceptors (Lipinski definition) is 7. The normalized spacial score (nSPS) is 23.7. The molecule has 0 saturated carbocycles. The fourth-order valence-electron chi connectivity index (χ4n) is 3.66. The van der Waals surface area contributed by atoms with Gasteiger partial charge >= 0.3 is 0 Å². The van der Waals surface area contributed by atoms with Gasteiger partial charge in [0.05, 0.1) is 23.5 Å². The third kappa shape index (κ3) is 3.87. The van der Waals surface area contributed by atoms with Crippen molar-refractivity contribution < 1.29 is 9.18 Å². The number of carbonyl (C=O) groups excluding carboxylic acids is 1. The van der Waals surface area contributed by atoms with Crippen molar-refractivity contribution in [1.82, 2.24) is 29.7 Å². The Morgan fingerprint density at radius 2 is 2.00 bits per heavy atom. The van der Waals surface area contributed by atoms with E-state index >= 15 is 0 Å². The maximum absolute atomic E-state index is 13.6. The quantitative estimate of drug-likeness (QED) is 0.867. The van der Waals surface area contributed by atoms with E-state index < -0.39 is 6.17 Å². The molecule has 4 rings (SSSR count). The van der Waals surface area contributed by atoms with Crippen molar-refractivity contribution in [2.75, 3.05) is 31.5 Å². The number of aromatic nitrogens is 4. The number of carbonyl (C=O) groups is 1. The van der Waals surface area contributed by atoms with E-state index in [0.29, 0.717) is 44.1 Å². The first-order chi connectivity index (χ1) is 13.1. The second-order valence-corrected chi connectivity index (χ2v) is 7.02. The van der Waals surface area contributed by atoms with Crippen LogP contribution in [0.15, 0.2) is 31.0 Å². The smallest absolute Gasteiger partial charge is 0.257 e. The number of hydrogen-bond donors (Lipinski definition) is 1. The van der Waals surface area contributed by atoms with Gasteiger partial charge in [-0.1, -0.05) is 0 Å². The van der Waals surface area contributed by atoms with Gasteiger partial charge in [0.15, 0.2) is 0 Å². The molecule has 2 fully saturated rings. The summed E-state index contributed by atoms with van der Waals surface area (Å²) in [6.45, 7) is 4.30. The Kier molecular flexibility index (Phi) is 4.93. The van der Waals surface area contributed by atoms with Gasteiger partial charge in [0.1, 0.15) is 6.17 Å². The van der Waals surface area contributed by atoms with Crippen molar-refractivity contribution in [2.24, 2.45) is 0 Å². The standard InChI is InChI=1S/C18H22FN7O/c1-12(16-9-20-2-3-21-16)24-18-22-7-13(8-23-18)17(27)26-5-4-25-10-14(19)6-15(25)11-26/h2-3,7-9,12,14-15H,4-6,10-11H2,1H3,(H,22,23,24)/t12-,14-,15-/m0/s1. The SMILES string of the molecule is C[C@H](Nc1ncc(C(=O)N2CCN3C[C@@H](F)C[C@H]3C2)cn1)c1cnccn1. The number of rotatable bonds is 4. The van der Waals surface area contributed by atoms with Crippen LogP contribution in [0.3, 0.4) is 0 Å². The minimum Gasteiger partial charge on any atom is -0.346 e. The summed E-state index contributed by atoms with van der Waals surface area (Å²) >= 11 is 0. The Labute approximate surface area is 156 Å². The van der Waals surface area contributed by atoms with Gasteiger partial charge in [0.25, 0.3) is 5.91 Å². The lowest BCUT2D eigenvalue weighted by molar-refractivity contribution is 0.0570. The van der Waals surface area contributed by atoms with Crippen LogP contribution in [0.2, 0.25) is 0 Å². The molecule has 0 aliphatic carbocycles. The van der Waals surface area contributed by atoms with E-state index in [9.17, 15) is 9.18 Å². The van der Waals surface area contributed by atoms with Crippen LogP contribution < -0.4 is 5.32 Å². The minimum atomic E-state index is -0.782. The second kappa shape index (κ2) is 7.51. The molecule has 0 bridgehead atoms. The highest BCUT2D eigenvalue weighted by atomic mass is 19.1. The molecule has 2 saturated heterocycles. The highest BCUT2D eigenvalue weighted by Gasteiger charge is 2.37. The summed E-state index contributed by atoms with van der Waals surface area (Å²) in [5.74, 6) is 0.316. The molecule has 8 nitrogen and oxygen atoms in total. The third-order valence-electron chi connectivity index (χ3n) is 5.12. The van der Waals surface area contributed by atoms with Gasteiger partial charge in [0, 0.05) is 57.0 Å². The largest absolute Gasteiger partial charge is 0.346 e. The predicted molar refractivity (Wildman–Crippen MR) is 96.9 cm³/mol. The van der Waals surface area contributed by atoms with E-state index in [1.165, 1.54) is 12.4 Å². The van der Waals surface area contributed by atoms with Crippen molar-refractivity contribution in [3.8, 4) is 0 Å². The van der Waals surface area contributed by atoms with Crippen molar-refractivity contribution in [3.63, 3.8) is 0 Å². The van der Waals surface area contributed by atoms with Crippen LogP contribution in [0.5, 0.6) is 0 Å². The fourth-order valence-corrected chi connectivity index (χ4v) is 3.66. The average Bonchev–Trinajstić information content (AvgIpc) is 3.08. The van der Waals surface area contributed by atoms with Gasteiger partial charge in [-0.2, -0.15) is 0 Å². The van der Waals surface area contributed by atoms with Crippen LogP contribution in [0.1, 0.15) is 35.4 Å². The Balaban J connectivity index is 1.38. The van der Waals surface area contributed by atoms with Crippen LogP contribution in [-0.4, -0.2) is 74.0 Å². The number of nitrogens with one attached hydrogen (secondary N) is 1. The second-order valence-electron chi connectivity index (χ2n) is 7.02. The Hall–Kier alpha value is -2.68. The summed E-state index contributed by atoms with van der Waals surface area (Å²) in [6.07, 6.45) is 7.71. The number of amides is 1. The Morgan fingerprint density at radius 3 is 2.74 bits per heavy atom. The summed E-state index contributed by atoms with van der Waals surface area (Å²) in [5.41, 5.74) is 1.22. The van der Waals surface area contributed by atoms with Crippen LogP contribution in [-0.2, 0) is 0 Å². The molecule has 2 aliphatic rings. The molecule has 4 heterocycles. The van der Waals surface area contributed by atoms with E-state index in [1.54, 1.807) is 23.5 Å². The molecule has 0 aromatic carbocycles. The first-order valence-electron chi connectivity index (χ1n) is 9.12. The summed E-state index contributed by atoms with van der Waals surface area (Å²) in [6, 6.07) is 0.0109. The molecule has 27 heavy (non-hydrogen) atoms. The first kappa shape index (κ1) is 17.7. The zero-order chi connectivity index (χ0) is 18.8. The molecule has 2 aromatic heterocycles. The zero-order valence-corrected chi connectivity index (χ0v) is 15.1. The summed E-state index contributed by atoms with van der Waals surface area (Å²) < 4.78 is 13.6.